The first-order valence-electron chi connectivity index (χ1n) is 11.3. The van der Waals surface area contributed by atoms with Crippen molar-refractivity contribution in [1.82, 2.24) is 3.97 Å². The van der Waals surface area contributed by atoms with Crippen molar-refractivity contribution in [2.75, 3.05) is 0 Å². The second-order valence-electron chi connectivity index (χ2n) is 10.3. The van der Waals surface area contributed by atoms with E-state index in [1.54, 1.807) is 30.3 Å². The van der Waals surface area contributed by atoms with Gasteiger partial charge in [-0.1, -0.05) is 45.4 Å². The SMILES string of the molecule is CC1(C)CCC(C)(C)c2cc(S(=O)(=O)n3c(CCCC(=O)O)cc4cc(Cl)ccc43)ccc21. The summed E-state index contributed by atoms with van der Waals surface area (Å²) in [5.74, 6) is -0.900. The fourth-order valence-corrected chi connectivity index (χ4v) is 6.71. The highest BCUT2D eigenvalue weighted by Gasteiger charge is 2.38. The molecule has 1 aliphatic rings. The maximum Gasteiger partial charge on any atom is 0.303 e. The van der Waals surface area contributed by atoms with Gasteiger partial charge in [0.25, 0.3) is 10.0 Å². The Balaban J connectivity index is 1.88. The third-order valence-electron chi connectivity index (χ3n) is 6.98. The fraction of sp³-hybridized carbons (Fsp3) is 0.423. The van der Waals surface area contributed by atoms with Crippen molar-refractivity contribution in [2.24, 2.45) is 0 Å². The van der Waals surface area contributed by atoms with Crippen LogP contribution in [-0.4, -0.2) is 23.5 Å². The van der Waals surface area contributed by atoms with E-state index in [4.69, 9.17) is 16.7 Å². The number of benzene rings is 2. The molecule has 7 heteroatoms. The van der Waals surface area contributed by atoms with Gasteiger partial charge in [0.05, 0.1) is 10.4 Å². The Morgan fingerprint density at radius 2 is 1.67 bits per heavy atom. The van der Waals surface area contributed by atoms with Crippen molar-refractivity contribution >= 4 is 38.5 Å². The number of carbonyl (C=O) groups is 1. The number of hydrogen-bond acceptors (Lipinski definition) is 3. The second kappa shape index (κ2) is 8.17. The molecule has 1 aromatic heterocycles. The summed E-state index contributed by atoms with van der Waals surface area (Å²) in [7, 11) is -3.91. The normalized spacial score (nSPS) is 17.1. The number of carboxylic acid groups (broad SMARTS) is 1. The number of halogens is 1. The van der Waals surface area contributed by atoms with Gasteiger partial charge in [0, 0.05) is 22.5 Å². The fourth-order valence-electron chi connectivity index (χ4n) is 4.93. The Kier molecular flexibility index (Phi) is 5.90. The quantitative estimate of drug-likeness (QED) is 0.443. The lowest BCUT2D eigenvalue weighted by Gasteiger charge is -2.42. The molecule has 1 N–H and O–H groups in total. The molecule has 0 fully saturated rings. The molecule has 0 aliphatic heterocycles. The van der Waals surface area contributed by atoms with E-state index in [-0.39, 0.29) is 22.1 Å². The third kappa shape index (κ3) is 4.31. The molecule has 0 atom stereocenters. The summed E-state index contributed by atoms with van der Waals surface area (Å²) in [6, 6.07) is 12.4. The van der Waals surface area contributed by atoms with Crippen LogP contribution in [0.3, 0.4) is 0 Å². The summed E-state index contributed by atoms with van der Waals surface area (Å²) < 4.78 is 29.3. The number of carboxylic acids is 1. The molecule has 0 saturated heterocycles. The van der Waals surface area contributed by atoms with Crippen molar-refractivity contribution in [2.45, 2.75) is 75.5 Å². The zero-order valence-corrected chi connectivity index (χ0v) is 21.1. The van der Waals surface area contributed by atoms with E-state index in [1.165, 1.54) is 9.54 Å². The first-order chi connectivity index (χ1) is 15.3. The van der Waals surface area contributed by atoms with Crippen LogP contribution in [0.5, 0.6) is 0 Å². The van der Waals surface area contributed by atoms with Crippen LogP contribution in [-0.2, 0) is 32.1 Å². The van der Waals surface area contributed by atoms with Crippen LogP contribution in [0, 0.1) is 0 Å². The molecule has 5 nitrogen and oxygen atoms in total. The van der Waals surface area contributed by atoms with Crippen molar-refractivity contribution in [3.05, 3.63) is 64.3 Å². The molecule has 0 unspecified atom stereocenters. The molecule has 2 aromatic carbocycles. The van der Waals surface area contributed by atoms with Crippen LogP contribution in [0.25, 0.3) is 10.9 Å². The average Bonchev–Trinajstić information content (AvgIpc) is 3.09. The average molecular weight is 488 g/mol. The van der Waals surface area contributed by atoms with E-state index in [0.717, 1.165) is 23.8 Å². The summed E-state index contributed by atoms with van der Waals surface area (Å²) in [4.78, 5) is 11.3. The zero-order chi connectivity index (χ0) is 24.2. The number of aromatic nitrogens is 1. The molecular weight excluding hydrogens is 458 g/mol. The van der Waals surface area contributed by atoms with Crippen molar-refractivity contribution in [1.29, 1.82) is 0 Å². The topological polar surface area (TPSA) is 76.4 Å². The van der Waals surface area contributed by atoms with E-state index < -0.39 is 16.0 Å². The van der Waals surface area contributed by atoms with Gasteiger partial charge in [-0.3, -0.25) is 4.79 Å². The molecule has 0 spiro atoms. The Morgan fingerprint density at radius 3 is 2.33 bits per heavy atom. The zero-order valence-electron chi connectivity index (χ0n) is 19.5. The van der Waals surface area contributed by atoms with E-state index in [2.05, 4.69) is 27.7 Å². The summed E-state index contributed by atoms with van der Waals surface area (Å²) in [6.45, 7) is 8.75. The maximum absolute atomic E-state index is 14.0. The van der Waals surface area contributed by atoms with Crippen LogP contribution >= 0.6 is 11.6 Å². The maximum atomic E-state index is 14.0. The summed E-state index contributed by atoms with van der Waals surface area (Å²) >= 11 is 6.16. The number of aliphatic carboxylic acids is 1. The van der Waals surface area contributed by atoms with E-state index >= 15 is 0 Å². The molecule has 0 amide bonds. The summed E-state index contributed by atoms with van der Waals surface area (Å²) in [6.07, 6.45) is 2.70. The predicted molar refractivity (Wildman–Crippen MR) is 132 cm³/mol. The van der Waals surface area contributed by atoms with Gasteiger partial charge in [-0.15, -0.1) is 0 Å². The molecule has 1 heterocycles. The monoisotopic (exact) mass is 487 g/mol. The third-order valence-corrected chi connectivity index (χ3v) is 8.97. The Labute approximate surface area is 200 Å². The van der Waals surface area contributed by atoms with Crippen LogP contribution in [0.4, 0.5) is 0 Å². The number of hydrogen-bond donors (Lipinski definition) is 1. The molecule has 0 radical (unpaired) electrons. The van der Waals surface area contributed by atoms with Gasteiger partial charge in [0.15, 0.2) is 0 Å². The highest BCUT2D eigenvalue weighted by molar-refractivity contribution is 7.90. The molecule has 0 saturated carbocycles. The largest absolute Gasteiger partial charge is 0.481 e. The number of fused-ring (bicyclic) bond motifs is 2. The van der Waals surface area contributed by atoms with Gasteiger partial charge >= 0.3 is 5.97 Å². The van der Waals surface area contributed by atoms with Crippen molar-refractivity contribution in [3.8, 4) is 0 Å². The van der Waals surface area contributed by atoms with E-state index in [1.807, 2.05) is 12.1 Å². The Morgan fingerprint density at radius 1 is 1.00 bits per heavy atom. The minimum Gasteiger partial charge on any atom is -0.481 e. The Bertz CT molecular complexity index is 1350. The lowest BCUT2D eigenvalue weighted by Crippen LogP contribution is -2.34. The summed E-state index contributed by atoms with van der Waals surface area (Å²) in [5.41, 5.74) is 3.25. The molecule has 4 rings (SSSR count). The van der Waals surface area contributed by atoms with Crippen molar-refractivity contribution in [3.63, 3.8) is 0 Å². The van der Waals surface area contributed by atoms with Crippen molar-refractivity contribution < 1.29 is 18.3 Å². The molecule has 33 heavy (non-hydrogen) atoms. The van der Waals surface area contributed by atoms with Gasteiger partial charge in [-0.25, -0.2) is 12.4 Å². The van der Waals surface area contributed by atoms with Gasteiger partial charge < -0.3 is 5.11 Å². The number of aryl methyl sites for hydroxylation is 1. The highest BCUT2D eigenvalue weighted by atomic mass is 35.5. The van der Waals surface area contributed by atoms with E-state index in [9.17, 15) is 13.2 Å². The molecular formula is C26H30ClNO4S. The predicted octanol–water partition coefficient (Wildman–Crippen LogP) is 6.29. The lowest BCUT2D eigenvalue weighted by molar-refractivity contribution is -0.137. The van der Waals surface area contributed by atoms with Gasteiger partial charge in [-0.05, 0) is 84.0 Å². The van der Waals surface area contributed by atoms with Gasteiger partial charge in [0.2, 0.25) is 0 Å². The Hall–Kier alpha value is -2.31. The van der Waals surface area contributed by atoms with Crippen LogP contribution in [0.15, 0.2) is 47.4 Å². The van der Waals surface area contributed by atoms with Crippen LogP contribution in [0.1, 0.15) is 70.2 Å². The molecule has 0 bridgehead atoms. The number of nitrogens with zero attached hydrogens (tertiary/aromatic N) is 1. The summed E-state index contributed by atoms with van der Waals surface area (Å²) in [5, 5.41) is 10.3. The first-order valence-corrected chi connectivity index (χ1v) is 13.1. The minimum atomic E-state index is -3.91. The lowest BCUT2D eigenvalue weighted by atomic mass is 9.63. The van der Waals surface area contributed by atoms with E-state index in [0.29, 0.717) is 29.1 Å². The number of rotatable bonds is 6. The molecule has 3 aromatic rings. The van der Waals surface area contributed by atoms with Gasteiger partial charge in [-0.2, -0.15) is 0 Å². The standard InChI is InChI=1S/C26H30ClNO4S/c1-25(2)12-13-26(3,4)22-16-20(9-10-21(22)25)33(31,32)28-19(6-5-7-24(29)30)15-17-14-18(27)8-11-23(17)28/h8-11,14-16H,5-7,12-13H2,1-4H3,(H,29,30). The van der Waals surface area contributed by atoms with Crippen LogP contribution < -0.4 is 0 Å². The smallest absolute Gasteiger partial charge is 0.303 e. The first kappa shape index (κ1) is 23.8. The van der Waals surface area contributed by atoms with Crippen LogP contribution in [0.2, 0.25) is 5.02 Å². The highest BCUT2D eigenvalue weighted by Crippen LogP contribution is 2.46. The minimum absolute atomic E-state index is 0.00790. The molecule has 176 valence electrons. The molecule has 1 aliphatic carbocycles. The van der Waals surface area contributed by atoms with Gasteiger partial charge in [0.1, 0.15) is 0 Å². The second-order valence-corrected chi connectivity index (χ2v) is 12.6.